The number of guanidine groups is 1. The van der Waals surface area contributed by atoms with Gasteiger partial charge in [0.2, 0.25) is 10.0 Å². The summed E-state index contributed by atoms with van der Waals surface area (Å²) in [5, 5.41) is 6.52. The molecule has 1 aliphatic rings. The minimum absolute atomic E-state index is 0.00881. The van der Waals surface area contributed by atoms with Crippen LogP contribution < -0.4 is 10.6 Å². The van der Waals surface area contributed by atoms with Gasteiger partial charge in [0.25, 0.3) is 0 Å². The third-order valence-corrected chi connectivity index (χ3v) is 6.01. The quantitative estimate of drug-likeness (QED) is 0.454. The lowest BCUT2D eigenvalue weighted by molar-refractivity contribution is 0.0945. The van der Waals surface area contributed by atoms with Crippen molar-refractivity contribution in [2.75, 3.05) is 39.0 Å². The molecule has 1 saturated heterocycles. The van der Waals surface area contributed by atoms with E-state index in [0.29, 0.717) is 32.8 Å². The summed E-state index contributed by atoms with van der Waals surface area (Å²) < 4.78 is 31.1. The van der Waals surface area contributed by atoms with Crippen LogP contribution in [0.4, 0.5) is 0 Å². The standard InChI is InChI=1S/C20H34N4O3S/c1-4-21-20(23-14-19-11-8-12-24(19)28(3,25)26)22-13-17(2)15-27-16-18-9-6-5-7-10-18/h5-7,9-10,17,19H,4,8,11-16H2,1-3H3,(H2,21,22,23)/t17?,19-/m1/s1. The summed E-state index contributed by atoms with van der Waals surface area (Å²) >= 11 is 0. The molecule has 1 unspecified atom stereocenters. The lowest BCUT2D eigenvalue weighted by Gasteiger charge is -2.23. The van der Waals surface area contributed by atoms with Crippen molar-refractivity contribution >= 4 is 16.0 Å². The molecule has 28 heavy (non-hydrogen) atoms. The van der Waals surface area contributed by atoms with Gasteiger partial charge < -0.3 is 15.4 Å². The smallest absolute Gasteiger partial charge is 0.211 e. The number of aliphatic imine (C=N–C) groups is 1. The summed E-state index contributed by atoms with van der Waals surface area (Å²) in [6, 6.07) is 10.1. The van der Waals surface area contributed by atoms with E-state index in [-0.39, 0.29) is 12.0 Å². The zero-order valence-corrected chi connectivity index (χ0v) is 18.0. The third-order valence-electron chi connectivity index (χ3n) is 4.67. The Labute approximate surface area is 169 Å². The number of rotatable bonds is 10. The third kappa shape index (κ3) is 7.77. The Balaban J connectivity index is 1.77. The zero-order chi connectivity index (χ0) is 20.4. The highest BCUT2D eigenvalue weighted by Gasteiger charge is 2.31. The van der Waals surface area contributed by atoms with Gasteiger partial charge in [-0.15, -0.1) is 0 Å². The fourth-order valence-electron chi connectivity index (χ4n) is 3.26. The van der Waals surface area contributed by atoms with E-state index in [1.807, 2.05) is 25.1 Å². The Morgan fingerprint density at radius 2 is 2.07 bits per heavy atom. The topological polar surface area (TPSA) is 83.0 Å². The predicted molar refractivity (Wildman–Crippen MR) is 114 cm³/mol. The first-order valence-electron chi connectivity index (χ1n) is 10.0. The average Bonchev–Trinajstić information content (AvgIpc) is 3.14. The zero-order valence-electron chi connectivity index (χ0n) is 17.2. The highest BCUT2D eigenvalue weighted by molar-refractivity contribution is 7.88. The second-order valence-electron chi connectivity index (χ2n) is 7.38. The van der Waals surface area contributed by atoms with Crippen LogP contribution in [0.25, 0.3) is 0 Å². The second-order valence-corrected chi connectivity index (χ2v) is 9.31. The normalized spacial score (nSPS) is 19.5. The molecule has 1 aliphatic heterocycles. The molecule has 8 heteroatoms. The van der Waals surface area contributed by atoms with Crippen LogP contribution in [0.1, 0.15) is 32.3 Å². The SMILES string of the molecule is CCNC(=NCC(C)COCc1ccccc1)NC[C@H]1CCCN1S(C)(=O)=O. The van der Waals surface area contributed by atoms with Gasteiger partial charge in [0, 0.05) is 32.2 Å². The largest absolute Gasteiger partial charge is 0.376 e. The maximum Gasteiger partial charge on any atom is 0.211 e. The number of nitrogens with one attached hydrogen (secondary N) is 2. The maximum atomic E-state index is 11.9. The van der Waals surface area contributed by atoms with E-state index in [9.17, 15) is 8.42 Å². The van der Waals surface area contributed by atoms with Gasteiger partial charge in [-0.1, -0.05) is 37.3 Å². The van der Waals surface area contributed by atoms with E-state index in [1.165, 1.54) is 11.8 Å². The van der Waals surface area contributed by atoms with Crippen molar-refractivity contribution in [3.8, 4) is 0 Å². The molecule has 2 rings (SSSR count). The fraction of sp³-hybridized carbons (Fsp3) is 0.650. The first-order chi connectivity index (χ1) is 13.4. The molecule has 7 nitrogen and oxygen atoms in total. The minimum Gasteiger partial charge on any atom is -0.376 e. The van der Waals surface area contributed by atoms with Crippen molar-refractivity contribution < 1.29 is 13.2 Å². The summed E-state index contributed by atoms with van der Waals surface area (Å²) in [5.41, 5.74) is 1.17. The Morgan fingerprint density at radius 3 is 2.75 bits per heavy atom. The number of ether oxygens (including phenoxy) is 1. The van der Waals surface area contributed by atoms with Gasteiger partial charge in [-0.05, 0) is 31.2 Å². The van der Waals surface area contributed by atoms with E-state index >= 15 is 0 Å². The number of hydrogen-bond donors (Lipinski definition) is 2. The fourth-order valence-corrected chi connectivity index (χ4v) is 4.44. The lowest BCUT2D eigenvalue weighted by atomic mass is 10.2. The van der Waals surface area contributed by atoms with E-state index in [4.69, 9.17) is 4.74 Å². The molecule has 2 N–H and O–H groups in total. The molecule has 1 fully saturated rings. The molecule has 1 heterocycles. The van der Waals surface area contributed by atoms with E-state index in [2.05, 4.69) is 34.7 Å². The molecule has 1 aromatic carbocycles. The monoisotopic (exact) mass is 410 g/mol. The number of hydrogen-bond acceptors (Lipinski definition) is 4. The van der Waals surface area contributed by atoms with Crippen LogP contribution in [0.15, 0.2) is 35.3 Å². The van der Waals surface area contributed by atoms with Crippen molar-refractivity contribution in [2.24, 2.45) is 10.9 Å². The average molecular weight is 411 g/mol. The van der Waals surface area contributed by atoms with Gasteiger partial charge in [-0.3, -0.25) is 4.99 Å². The van der Waals surface area contributed by atoms with Crippen molar-refractivity contribution in [3.05, 3.63) is 35.9 Å². The molecule has 0 bridgehead atoms. The number of sulfonamides is 1. The first-order valence-corrected chi connectivity index (χ1v) is 11.9. The van der Waals surface area contributed by atoms with Gasteiger partial charge in [0.1, 0.15) is 0 Å². The Morgan fingerprint density at radius 1 is 1.32 bits per heavy atom. The van der Waals surface area contributed by atoms with E-state index in [1.54, 1.807) is 4.31 Å². The Kier molecular flexibility index (Phi) is 9.21. The van der Waals surface area contributed by atoms with Crippen LogP contribution in [0, 0.1) is 5.92 Å². The first kappa shape index (κ1) is 22.6. The van der Waals surface area contributed by atoms with Gasteiger partial charge in [-0.2, -0.15) is 4.31 Å². The molecule has 158 valence electrons. The van der Waals surface area contributed by atoms with Crippen molar-refractivity contribution in [1.29, 1.82) is 0 Å². The summed E-state index contributed by atoms with van der Waals surface area (Å²) in [6.45, 7) is 7.95. The second kappa shape index (κ2) is 11.4. The van der Waals surface area contributed by atoms with E-state index in [0.717, 1.165) is 25.3 Å². The molecule has 0 radical (unpaired) electrons. The summed E-state index contributed by atoms with van der Waals surface area (Å²) in [5.74, 6) is 1.01. The molecular weight excluding hydrogens is 376 g/mol. The molecule has 0 saturated carbocycles. The summed E-state index contributed by atoms with van der Waals surface area (Å²) in [4.78, 5) is 4.63. The Bertz CT molecular complexity index is 709. The molecule has 1 aromatic rings. The molecular formula is C20H34N4O3S. The highest BCUT2D eigenvalue weighted by Crippen LogP contribution is 2.19. The van der Waals surface area contributed by atoms with Crippen LogP contribution in [-0.2, 0) is 21.4 Å². The molecule has 2 atom stereocenters. The van der Waals surface area contributed by atoms with Crippen LogP contribution >= 0.6 is 0 Å². The maximum absolute atomic E-state index is 11.9. The number of nitrogens with zero attached hydrogens (tertiary/aromatic N) is 2. The van der Waals surface area contributed by atoms with Gasteiger partial charge >= 0.3 is 0 Å². The number of benzene rings is 1. The molecule has 0 aliphatic carbocycles. The summed E-state index contributed by atoms with van der Waals surface area (Å²) in [6.07, 6.45) is 3.06. The Hall–Kier alpha value is -1.64. The van der Waals surface area contributed by atoms with Crippen LogP contribution in [0.5, 0.6) is 0 Å². The van der Waals surface area contributed by atoms with Crippen LogP contribution in [-0.4, -0.2) is 63.8 Å². The van der Waals surface area contributed by atoms with Crippen LogP contribution in [0.2, 0.25) is 0 Å². The van der Waals surface area contributed by atoms with Gasteiger partial charge in [0.05, 0.1) is 19.5 Å². The molecule has 0 amide bonds. The van der Waals surface area contributed by atoms with E-state index < -0.39 is 10.0 Å². The molecule has 0 aromatic heterocycles. The predicted octanol–water partition coefficient (Wildman–Crippen LogP) is 1.82. The molecule has 0 spiro atoms. The van der Waals surface area contributed by atoms with Crippen molar-refractivity contribution in [3.63, 3.8) is 0 Å². The van der Waals surface area contributed by atoms with Gasteiger partial charge in [-0.25, -0.2) is 8.42 Å². The lowest BCUT2D eigenvalue weighted by Crippen LogP contribution is -2.46. The van der Waals surface area contributed by atoms with Crippen LogP contribution in [0.3, 0.4) is 0 Å². The minimum atomic E-state index is -3.15. The van der Waals surface area contributed by atoms with Crippen molar-refractivity contribution in [2.45, 2.75) is 39.3 Å². The van der Waals surface area contributed by atoms with Crippen molar-refractivity contribution in [1.82, 2.24) is 14.9 Å². The highest BCUT2D eigenvalue weighted by atomic mass is 32.2. The summed E-state index contributed by atoms with van der Waals surface area (Å²) in [7, 11) is -3.15. The van der Waals surface area contributed by atoms with Gasteiger partial charge in [0.15, 0.2) is 5.96 Å².